The molecule has 2 heterocycles. The highest BCUT2D eigenvalue weighted by atomic mass is 35.5. The molecule has 1 unspecified atom stereocenters. The van der Waals surface area contributed by atoms with Gasteiger partial charge in [-0.3, -0.25) is 0 Å². The number of hydrogen-bond acceptors (Lipinski definition) is 3. The highest BCUT2D eigenvalue weighted by molar-refractivity contribution is 6.33. The van der Waals surface area contributed by atoms with Crippen LogP contribution in [0.3, 0.4) is 0 Å². The first-order valence-corrected chi connectivity index (χ1v) is 5.54. The van der Waals surface area contributed by atoms with Gasteiger partial charge in [0.2, 0.25) is 0 Å². The van der Waals surface area contributed by atoms with Crippen LogP contribution in [0.25, 0.3) is 11.3 Å². The van der Waals surface area contributed by atoms with Crippen molar-refractivity contribution in [2.24, 2.45) is 0 Å². The van der Waals surface area contributed by atoms with Crippen LogP contribution in [0.15, 0.2) is 28.8 Å². The summed E-state index contributed by atoms with van der Waals surface area (Å²) in [6, 6.07) is 7.28. The van der Waals surface area contributed by atoms with E-state index in [9.17, 15) is 0 Å². The van der Waals surface area contributed by atoms with Crippen LogP contribution in [0.2, 0.25) is 10.0 Å². The van der Waals surface area contributed by atoms with Gasteiger partial charge in [0, 0.05) is 10.6 Å². The van der Waals surface area contributed by atoms with Crippen molar-refractivity contribution in [3.8, 4) is 11.3 Å². The Morgan fingerprint density at radius 1 is 1.19 bits per heavy atom. The summed E-state index contributed by atoms with van der Waals surface area (Å²) >= 11 is 12.0. The largest absolute Gasteiger partial charge is 0.364 e. The van der Waals surface area contributed by atoms with Crippen LogP contribution in [0, 0.1) is 0 Å². The zero-order valence-electron chi connectivity index (χ0n) is 8.11. The number of nitrogens with zero attached hydrogens (tertiary/aromatic N) is 1. The Morgan fingerprint density at radius 2 is 1.88 bits per heavy atom. The third-order valence-electron chi connectivity index (χ3n) is 2.40. The van der Waals surface area contributed by atoms with Crippen molar-refractivity contribution in [3.63, 3.8) is 0 Å². The van der Waals surface area contributed by atoms with Gasteiger partial charge in [0.25, 0.3) is 0 Å². The average Bonchev–Trinajstić information content (AvgIpc) is 3.05. The topological polar surface area (TPSA) is 38.6 Å². The van der Waals surface area contributed by atoms with E-state index in [1.54, 1.807) is 12.1 Å². The highest BCUT2D eigenvalue weighted by Gasteiger charge is 2.33. The average molecular weight is 256 g/mol. The Kier molecular flexibility index (Phi) is 2.39. The van der Waals surface area contributed by atoms with Gasteiger partial charge in [0.1, 0.15) is 16.8 Å². The van der Waals surface area contributed by atoms with E-state index >= 15 is 0 Å². The monoisotopic (exact) mass is 255 g/mol. The molecule has 2 aromatic rings. The lowest BCUT2D eigenvalue weighted by atomic mass is 10.1. The summed E-state index contributed by atoms with van der Waals surface area (Å²) in [5.41, 5.74) is 1.51. The standard InChI is InChI=1S/C11H7Cl2NO2/c12-7-3-1-6(2-4-7)10-9(13)11(16-14-10)8-5-15-8/h1-4,8H,5H2. The lowest BCUT2D eigenvalue weighted by molar-refractivity contribution is 0.327. The molecule has 0 aliphatic carbocycles. The van der Waals surface area contributed by atoms with Crippen LogP contribution in [0.1, 0.15) is 11.9 Å². The van der Waals surface area contributed by atoms with Crippen molar-refractivity contribution in [2.45, 2.75) is 6.10 Å². The number of benzene rings is 1. The van der Waals surface area contributed by atoms with Crippen molar-refractivity contribution in [1.29, 1.82) is 0 Å². The van der Waals surface area contributed by atoms with E-state index in [0.717, 1.165) is 5.56 Å². The van der Waals surface area contributed by atoms with Gasteiger partial charge >= 0.3 is 0 Å². The molecule has 0 radical (unpaired) electrons. The van der Waals surface area contributed by atoms with Crippen molar-refractivity contribution in [1.82, 2.24) is 5.16 Å². The minimum absolute atomic E-state index is 0.0268. The minimum Gasteiger partial charge on any atom is -0.364 e. The molecule has 1 fully saturated rings. The molecule has 1 saturated heterocycles. The molecule has 1 atom stereocenters. The van der Waals surface area contributed by atoms with Crippen molar-refractivity contribution >= 4 is 23.2 Å². The number of aromatic nitrogens is 1. The van der Waals surface area contributed by atoms with Gasteiger partial charge in [-0.05, 0) is 12.1 Å². The maximum atomic E-state index is 6.16. The number of epoxide rings is 1. The molecular weight excluding hydrogens is 249 g/mol. The Hall–Kier alpha value is -1.03. The minimum atomic E-state index is -0.0268. The Labute approximate surface area is 102 Å². The summed E-state index contributed by atoms with van der Waals surface area (Å²) < 4.78 is 10.3. The van der Waals surface area contributed by atoms with Crippen LogP contribution in [-0.4, -0.2) is 11.8 Å². The third kappa shape index (κ3) is 1.71. The molecule has 1 aliphatic heterocycles. The maximum Gasteiger partial charge on any atom is 0.187 e. The molecule has 0 saturated carbocycles. The number of rotatable bonds is 2. The molecule has 16 heavy (non-hydrogen) atoms. The Balaban J connectivity index is 2.02. The lowest BCUT2D eigenvalue weighted by Gasteiger charge is -1.96. The van der Waals surface area contributed by atoms with Crippen LogP contribution in [0.4, 0.5) is 0 Å². The fourth-order valence-corrected chi connectivity index (χ4v) is 1.90. The number of ether oxygens (including phenoxy) is 1. The molecule has 0 N–H and O–H groups in total. The third-order valence-corrected chi connectivity index (χ3v) is 3.02. The van der Waals surface area contributed by atoms with E-state index in [1.165, 1.54) is 0 Å². The SMILES string of the molecule is Clc1ccc(-c2noc(C3CO3)c2Cl)cc1. The molecule has 3 nitrogen and oxygen atoms in total. The number of hydrogen-bond donors (Lipinski definition) is 0. The van der Waals surface area contributed by atoms with Gasteiger partial charge in [0.05, 0.1) is 6.61 Å². The lowest BCUT2D eigenvalue weighted by Crippen LogP contribution is -1.79. The summed E-state index contributed by atoms with van der Waals surface area (Å²) in [7, 11) is 0. The molecule has 0 amide bonds. The first kappa shape index (κ1) is 10.1. The van der Waals surface area contributed by atoms with Crippen LogP contribution >= 0.6 is 23.2 Å². The van der Waals surface area contributed by atoms with Crippen molar-refractivity contribution in [3.05, 3.63) is 40.1 Å². The van der Waals surface area contributed by atoms with E-state index in [1.807, 2.05) is 12.1 Å². The van der Waals surface area contributed by atoms with E-state index in [2.05, 4.69) is 5.16 Å². The van der Waals surface area contributed by atoms with E-state index in [0.29, 0.717) is 28.1 Å². The molecule has 3 rings (SSSR count). The summed E-state index contributed by atoms with van der Waals surface area (Å²) in [6.07, 6.45) is -0.0268. The molecule has 1 aliphatic rings. The van der Waals surface area contributed by atoms with Crippen molar-refractivity contribution < 1.29 is 9.26 Å². The van der Waals surface area contributed by atoms with Crippen molar-refractivity contribution in [2.75, 3.05) is 6.61 Å². The first-order valence-electron chi connectivity index (χ1n) is 4.78. The molecule has 0 bridgehead atoms. The Morgan fingerprint density at radius 3 is 2.50 bits per heavy atom. The molecule has 0 spiro atoms. The van der Waals surface area contributed by atoms with Gasteiger partial charge in [-0.25, -0.2) is 0 Å². The number of halogens is 2. The predicted octanol–water partition coefficient (Wildman–Crippen LogP) is 3.72. The van der Waals surface area contributed by atoms with E-state index in [4.69, 9.17) is 32.5 Å². The second kappa shape index (κ2) is 3.77. The zero-order chi connectivity index (χ0) is 11.1. The highest BCUT2D eigenvalue weighted by Crippen LogP contribution is 2.39. The van der Waals surface area contributed by atoms with Gasteiger partial charge in [-0.2, -0.15) is 0 Å². The second-order valence-electron chi connectivity index (χ2n) is 3.54. The van der Waals surface area contributed by atoms with Gasteiger partial charge < -0.3 is 9.26 Å². The predicted molar refractivity (Wildman–Crippen MR) is 60.7 cm³/mol. The Bertz CT molecular complexity index is 517. The fraction of sp³-hybridized carbons (Fsp3) is 0.182. The summed E-state index contributed by atoms with van der Waals surface area (Å²) in [5, 5.41) is 5.14. The molecule has 1 aromatic carbocycles. The van der Waals surface area contributed by atoms with E-state index in [-0.39, 0.29) is 6.10 Å². The van der Waals surface area contributed by atoms with Crippen LogP contribution in [-0.2, 0) is 4.74 Å². The summed E-state index contributed by atoms with van der Waals surface area (Å²) in [4.78, 5) is 0. The molecule has 1 aromatic heterocycles. The second-order valence-corrected chi connectivity index (χ2v) is 4.35. The molecule has 82 valence electrons. The zero-order valence-corrected chi connectivity index (χ0v) is 9.63. The van der Waals surface area contributed by atoms with Gasteiger partial charge in [-0.1, -0.05) is 40.5 Å². The quantitative estimate of drug-likeness (QED) is 0.768. The first-order chi connectivity index (χ1) is 7.75. The smallest absolute Gasteiger partial charge is 0.187 e. The maximum absolute atomic E-state index is 6.16. The van der Waals surface area contributed by atoms with Crippen LogP contribution < -0.4 is 0 Å². The van der Waals surface area contributed by atoms with Crippen LogP contribution in [0.5, 0.6) is 0 Å². The van der Waals surface area contributed by atoms with E-state index < -0.39 is 0 Å². The van der Waals surface area contributed by atoms with Gasteiger partial charge in [-0.15, -0.1) is 0 Å². The normalized spacial score (nSPS) is 18.8. The summed E-state index contributed by atoms with van der Waals surface area (Å²) in [5.74, 6) is 0.603. The van der Waals surface area contributed by atoms with Gasteiger partial charge in [0.15, 0.2) is 5.76 Å². The summed E-state index contributed by atoms with van der Waals surface area (Å²) in [6.45, 7) is 0.648. The molecule has 5 heteroatoms. The fourth-order valence-electron chi connectivity index (χ4n) is 1.48. The molecular formula is C11H7Cl2NO2.